The SMILES string of the molecule is CCc1cc(C(=O)NCCCCN2CCCC2CO)sc1C. The number of carbonyl (C=O) groups is 1. The lowest BCUT2D eigenvalue weighted by Gasteiger charge is -2.22. The van der Waals surface area contributed by atoms with Crippen molar-refractivity contribution in [2.75, 3.05) is 26.2 Å². The maximum atomic E-state index is 12.1. The van der Waals surface area contributed by atoms with Crippen LogP contribution in [0.4, 0.5) is 0 Å². The van der Waals surface area contributed by atoms with Gasteiger partial charge < -0.3 is 10.4 Å². The van der Waals surface area contributed by atoms with E-state index in [9.17, 15) is 9.90 Å². The highest BCUT2D eigenvalue weighted by molar-refractivity contribution is 7.14. The summed E-state index contributed by atoms with van der Waals surface area (Å²) in [4.78, 5) is 16.5. The third kappa shape index (κ3) is 4.54. The first-order valence-corrected chi connectivity index (χ1v) is 9.19. The molecular weight excluding hydrogens is 296 g/mol. The lowest BCUT2D eigenvalue weighted by molar-refractivity contribution is 0.0956. The molecule has 2 heterocycles. The molecule has 0 aromatic carbocycles. The third-order valence-electron chi connectivity index (χ3n) is 4.49. The Hall–Kier alpha value is -0.910. The number of unbranched alkanes of at least 4 members (excludes halogenated alkanes) is 1. The summed E-state index contributed by atoms with van der Waals surface area (Å²) in [6.45, 7) is 7.33. The van der Waals surface area contributed by atoms with Crippen LogP contribution in [0.25, 0.3) is 0 Å². The van der Waals surface area contributed by atoms with E-state index in [1.54, 1.807) is 11.3 Å². The highest BCUT2D eigenvalue weighted by atomic mass is 32.1. The van der Waals surface area contributed by atoms with Crippen molar-refractivity contribution in [1.82, 2.24) is 10.2 Å². The molecule has 1 atom stereocenters. The number of hydrogen-bond acceptors (Lipinski definition) is 4. The minimum absolute atomic E-state index is 0.0576. The molecule has 2 N–H and O–H groups in total. The zero-order valence-corrected chi connectivity index (χ0v) is 14.5. The molecule has 4 nitrogen and oxygen atoms in total. The smallest absolute Gasteiger partial charge is 0.261 e. The van der Waals surface area contributed by atoms with Gasteiger partial charge in [-0.25, -0.2) is 0 Å². The second-order valence-corrected chi connectivity index (χ2v) is 7.28. The lowest BCUT2D eigenvalue weighted by atomic mass is 10.2. The zero-order valence-electron chi connectivity index (χ0n) is 13.7. The van der Waals surface area contributed by atoms with Crippen molar-refractivity contribution >= 4 is 17.2 Å². The first-order chi connectivity index (χ1) is 10.7. The van der Waals surface area contributed by atoms with E-state index in [0.29, 0.717) is 6.04 Å². The number of aliphatic hydroxyl groups excluding tert-OH is 1. The largest absolute Gasteiger partial charge is 0.395 e. The van der Waals surface area contributed by atoms with Gasteiger partial charge in [-0.05, 0) is 63.7 Å². The van der Waals surface area contributed by atoms with E-state index in [4.69, 9.17) is 0 Å². The Bertz CT molecular complexity index is 487. The highest BCUT2D eigenvalue weighted by Gasteiger charge is 2.22. The van der Waals surface area contributed by atoms with Crippen LogP contribution in [0.3, 0.4) is 0 Å². The number of rotatable bonds is 8. The van der Waals surface area contributed by atoms with Crippen LogP contribution in [-0.4, -0.2) is 48.2 Å². The van der Waals surface area contributed by atoms with Gasteiger partial charge in [0.1, 0.15) is 0 Å². The van der Waals surface area contributed by atoms with E-state index < -0.39 is 0 Å². The molecule has 124 valence electrons. The normalized spacial score (nSPS) is 18.8. The molecule has 0 saturated carbocycles. The van der Waals surface area contributed by atoms with E-state index in [1.807, 2.05) is 6.07 Å². The molecule has 1 aliphatic heterocycles. The molecule has 0 bridgehead atoms. The molecule has 0 radical (unpaired) electrons. The number of aryl methyl sites for hydroxylation is 2. The first-order valence-electron chi connectivity index (χ1n) is 8.38. The maximum Gasteiger partial charge on any atom is 0.261 e. The van der Waals surface area contributed by atoms with Gasteiger partial charge in [0.05, 0.1) is 11.5 Å². The van der Waals surface area contributed by atoms with Crippen molar-refractivity contribution in [3.05, 3.63) is 21.4 Å². The van der Waals surface area contributed by atoms with Crippen molar-refractivity contribution in [1.29, 1.82) is 0 Å². The van der Waals surface area contributed by atoms with Gasteiger partial charge in [0, 0.05) is 17.5 Å². The van der Waals surface area contributed by atoms with Crippen LogP contribution in [0, 0.1) is 6.92 Å². The number of aliphatic hydroxyl groups is 1. The fraction of sp³-hybridized carbons (Fsp3) is 0.706. The number of nitrogens with one attached hydrogen (secondary N) is 1. The molecule has 2 rings (SSSR count). The molecular formula is C17H28N2O2S. The molecule has 1 saturated heterocycles. The third-order valence-corrected chi connectivity index (χ3v) is 5.58. The first kappa shape index (κ1) is 17.4. The Morgan fingerprint density at radius 1 is 1.50 bits per heavy atom. The van der Waals surface area contributed by atoms with Crippen molar-refractivity contribution in [3.8, 4) is 0 Å². The van der Waals surface area contributed by atoms with Crippen molar-refractivity contribution in [2.45, 2.75) is 52.0 Å². The minimum Gasteiger partial charge on any atom is -0.395 e. The Labute approximate surface area is 137 Å². The van der Waals surface area contributed by atoms with Gasteiger partial charge in [-0.15, -0.1) is 11.3 Å². The molecule has 0 spiro atoms. The van der Waals surface area contributed by atoms with Crippen LogP contribution in [0.15, 0.2) is 6.07 Å². The molecule has 1 fully saturated rings. The molecule has 1 aromatic heterocycles. The zero-order chi connectivity index (χ0) is 15.9. The van der Waals surface area contributed by atoms with Gasteiger partial charge in [-0.2, -0.15) is 0 Å². The Morgan fingerprint density at radius 2 is 2.32 bits per heavy atom. The van der Waals surface area contributed by atoms with E-state index in [0.717, 1.165) is 50.2 Å². The summed E-state index contributed by atoms with van der Waals surface area (Å²) in [7, 11) is 0. The van der Waals surface area contributed by atoms with Crippen LogP contribution in [0.1, 0.15) is 52.7 Å². The predicted octanol–water partition coefficient (Wildman–Crippen LogP) is 2.59. The van der Waals surface area contributed by atoms with Gasteiger partial charge >= 0.3 is 0 Å². The average Bonchev–Trinajstić information content (AvgIpc) is 3.12. The lowest BCUT2D eigenvalue weighted by Crippen LogP contribution is -2.33. The highest BCUT2D eigenvalue weighted by Crippen LogP contribution is 2.22. The molecule has 0 aliphatic carbocycles. The van der Waals surface area contributed by atoms with Crippen LogP contribution < -0.4 is 5.32 Å². The second kappa shape index (κ2) is 8.65. The minimum atomic E-state index is 0.0576. The maximum absolute atomic E-state index is 12.1. The Morgan fingerprint density at radius 3 is 3.00 bits per heavy atom. The summed E-state index contributed by atoms with van der Waals surface area (Å²) >= 11 is 1.59. The number of hydrogen-bond donors (Lipinski definition) is 2. The van der Waals surface area contributed by atoms with Crippen LogP contribution >= 0.6 is 11.3 Å². The topological polar surface area (TPSA) is 52.6 Å². The molecule has 1 unspecified atom stereocenters. The summed E-state index contributed by atoms with van der Waals surface area (Å²) in [6.07, 6.45) is 5.35. The number of thiophene rings is 1. The van der Waals surface area contributed by atoms with E-state index in [-0.39, 0.29) is 12.5 Å². The molecule has 22 heavy (non-hydrogen) atoms. The number of carbonyl (C=O) groups excluding carboxylic acids is 1. The van der Waals surface area contributed by atoms with E-state index >= 15 is 0 Å². The van der Waals surface area contributed by atoms with Gasteiger partial charge in [0.2, 0.25) is 0 Å². The molecule has 1 aliphatic rings. The summed E-state index contributed by atoms with van der Waals surface area (Å²) in [6, 6.07) is 2.38. The van der Waals surface area contributed by atoms with Gasteiger partial charge in [0.25, 0.3) is 5.91 Å². The van der Waals surface area contributed by atoms with Gasteiger partial charge in [0.15, 0.2) is 0 Å². The summed E-state index contributed by atoms with van der Waals surface area (Å²) in [5.74, 6) is 0.0576. The monoisotopic (exact) mass is 324 g/mol. The number of nitrogens with zero attached hydrogens (tertiary/aromatic N) is 1. The summed E-state index contributed by atoms with van der Waals surface area (Å²) in [5.41, 5.74) is 1.28. The van der Waals surface area contributed by atoms with E-state index in [2.05, 4.69) is 24.1 Å². The fourth-order valence-corrected chi connectivity index (χ4v) is 4.14. The number of likely N-dealkylation sites (tertiary alicyclic amines) is 1. The van der Waals surface area contributed by atoms with Crippen molar-refractivity contribution in [3.63, 3.8) is 0 Å². The predicted molar refractivity (Wildman–Crippen MR) is 91.7 cm³/mol. The van der Waals surface area contributed by atoms with Gasteiger partial charge in [-0.3, -0.25) is 9.69 Å². The summed E-state index contributed by atoms with van der Waals surface area (Å²) < 4.78 is 0. The van der Waals surface area contributed by atoms with Crippen molar-refractivity contribution < 1.29 is 9.90 Å². The van der Waals surface area contributed by atoms with Gasteiger partial charge in [-0.1, -0.05) is 6.92 Å². The standard InChI is InChI=1S/C17H28N2O2S/c1-3-14-11-16(22-13(14)2)17(21)18-8-4-5-9-19-10-6-7-15(19)12-20/h11,15,20H,3-10,12H2,1-2H3,(H,18,21). The van der Waals surface area contributed by atoms with Crippen molar-refractivity contribution in [2.24, 2.45) is 0 Å². The molecule has 1 aromatic rings. The van der Waals surface area contributed by atoms with E-state index in [1.165, 1.54) is 16.9 Å². The average molecular weight is 324 g/mol. The Kier molecular flexibility index (Phi) is 6.86. The summed E-state index contributed by atoms with van der Waals surface area (Å²) in [5, 5.41) is 12.3. The quantitative estimate of drug-likeness (QED) is 0.723. The second-order valence-electron chi connectivity index (χ2n) is 6.02. The van der Waals surface area contributed by atoms with Crippen LogP contribution in [0.2, 0.25) is 0 Å². The Balaban J connectivity index is 1.64. The molecule has 5 heteroatoms. The fourth-order valence-electron chi connectivity index (χ4n) is 3.11. The van der Waals surface area contributed by atoms with Crippen LogP contribution in [-0.2, 0) is 6.42 Å². The number of amides is 1. The molecule has 1 amide bonds. The van der Waals surface area contributed by atoms with Crippen LogP contribution in [0.5, 0.6) is 0 Å².